The van der Waals surface area contributed by atoms with Crippen molar-refractivity contribution in [2.75, 3.05) is 11.5 Å². The van der Waals surface area contributed by atoms with E-state index in [9.17, 15) is 32.7 Å². The molecule has 2 saturated heterocycles. The first kappa shape index (κ1) is 22.1. The number of aromatic nitrogens is 1. The fourth-order valence-corrected chi connectivity index (χ4v) is 5.54. The number of anilines is 1. The second kappa shape index (κ2) is 8.13. The van der Waals surface area contributed by atoms with E-state index in [1.54, 1.807) is 0 Å². The number of thiazole rings is 1. The number of carbonyl (C=O) groups excluding carboxylic acids is 2. The van der Waals surface area contributed by atoms with Crippen LogP contribution in [-0.2, 0) is 20.6 Å². The number of halogens is 3. The molecule has 2 unspecified atom stereocenters. The Balaban J connectivity index is 1.65. The van der Waals surface area contributed by atoms with Crippen molar-refractivity contribution in [3.05, 3.63) is 46.5 Å². The Morgan fingerprint density at radius 3 is 2.66 bits per heavy atom. The molecule has 2 aliphatic rings. The van der Waals surface area contributed by atoms with Crippen LogP contribution in [0.3, 0.4) is 0 Å². The molecule has 0 saturated carbocycles. The van der Waals surface area contributed by atoms with Crippen molar-refractivity contribution < 1.29 is 32.7 Å². The number of nitrogens with one attached hydrogen (secondary N) is 1. The maximum Gasteiger partial charge on any atom is 0.416 e. The monoisotopic (exact) mass is 484 g/mol. The van der Waals surface area contributed by atoms with E-state index in [0.717, 1.165) is 23.5 Å². The summed E-state index contributed by atoms with van der Waals surface area (Å²) in [5.41, 5.74) is 4.31. The van der Waals surface area contributed by atoms with Crippen LogP contribution in [0.15, 0.2) is 29.6 Å². The van der Waals surface area contributed by atoms with Gasteiger partial charge in [0, 0.05) is 11.1 Å². The molecule has 8 nitrogen and oxygen atoms in total. The lowest BCUT2D eigenvalue weighted by Crippen LogP contribution is -2.70. The van der Waals surface area contributed by atoms with Crippen molar-refractivity contribution >= 4 is 57.7 Å². The Hall–Kier alpha value is -3.06. The van der Waals surface area contributed by atoms with E-state index in [0.29, 0.717) is 0 Å². The summed E-state index contributed by atoms with van der Waals surface area (Å²) in [4.78, 5) is 41.9. The van der Waals surface area contributed by atoms with Crippen LogP contribution in [0.2, 0.25) is 0 Å². The van der Waals surface area contributed by atoms with Gasteiger partial charge in [-0.3, -0.25) is 9.59 Å². The zero-order valence-corrected chi connectivity index (χ0v) is 17.6. The van der Waals surface area contributed by atoms with Crippen LogP contribution in [0.5, 0.6) is 0 Å². The minimum absolute atomic E-state index is 0.0630. The molecule has 4 N–H and O–H groups in total. The van der Waals surface area contributed by atoms with Gasteiger partial charge < -0.3 is 21.1 Å². The predicted octanol–water partition coefficient (Wildman–Crippen LogP) is 2.14. The molecular formula is C19H15F3N4O4S2. The lowest BCUT2D eigenvalue weighted by molar-refractivity contribution is -0.158. The third kappa shape index (κ3) is 3.93. The number of nitrogens with zero attached hydrogens (tertiary/aromatic N) is 2. The zero-order chi connectivity index (χ0) is 23.2. The number of hydrogen-bond donors (Lipinski definition) is 3. The Bertz CT molecular complexity index is 1130. The van der Waals surface area contributed by atoms with E-state index in [4.69, 9.17) is 5.73 Å². The third-order valence-electron chi connectivity index (χ3n) is 5.02. The average Bonchev–Trinajstić information content (AvgIpc) is 3.33. The molecule has 0 radical (unpaired) electrons. The van der Waals surface area contributed by atoms with Gasteiger partial charge in [-0.15, -0.1) is 23.1 Å². The number of carboxylic acid groups (broad SMARTS) is 1. The van der Waals surface area contributed by atoms with Crippen molar-refractivity contribution in [2.45, 2.75) is 23.6 Å². The molecule has 1 aromatic heterocycles. The second-order valence-electron chi connectivity index (χ2n) is 6.99. The first-order valence-corrected chi connectivity index (χ1v) is 11.1. The van der Waals surface area contributed by atoms with Crippen LogP contribution in [0.25, 0.3) is 11.6 Å². The molecule has 168 valence electrons. The summed E-state index contributed by atoms with van der Waals surface area (Å²) in [5, 5.41) is 12.7. The molecule has 3 atom stereocenters. The molecule has 0 aliphatic carbocycles. The van der Waals surface area contributed by atoms with Gasteiger partial charge in [0.25, 0.3) is 5.91 Å². The smallest absolute Gasteiger partial charge is 0.416 e. The lowest BCUT2D eigenvalue weighted by Gasteiger charge is -2.43. The number of carbonyl (C=O) groups is 3. The summed E-state index contributed by atoms with van der Waals surface area (Å²) in [6.45, 7) is 0. The summed E-state index contributed by atoms with van der Waals surface area (Å²) in [6.07, 6.45) is -3.60. The van der Waals surface area contributed by atoms with Gasteiger partial charge in [-0.2, -0.15) is 13.2 Å². The number of hydrogen-bond acceptors (Lipinski definition) is 7. The number of fused-ring (bicyclic) bond motifs is 1. The maximum atomic E-state index is 13.4. The van der Waals surface area contributed by atoms with Crippen molar-refractivity contribution in [3.63, 3.8) is 0 Å². The molecule has 2 fully saturated rings. The largest absolute Gasteiger partial charge is 0.480 e. The fraction of sp³-hybridized carbons (Fsp3) is 0.263. The summed E-state index contributed by atoms with van der Waals surface area (Å²) < 4.78 is 40.2. The third-order valence-corrected chi connectivity index (χ3v) is 7.04. The summed E-state index contributed by atoms with van der Waals surface area (Å²) in [7, 11) is 0. The molecule has 2 aromatic rings. The molecule has 2 aliphatic heterocycles. The van der Waals surface area contributed by atoms with E-state index >= 15 is 0 Å². The zero-order valence-electron chi connectivity index (χ0n) is 16.0. The molecule has 3 heterocycles. The van der Waals surface area contributed by atoms with Crippen LogP contribution < -0.4 is 11.1 Å². The van der Waals surface area contributed by atoms with Gasteiger partial charge in [0.1, 0.15) is 17.5 Å². The fourth-order valence-electron chi connectivity index (χ4n) is 3.51. The van der Waals surface area contributed by atoms with Gasteiger partial charge in [-0.1, -0.05) is 18.2 Å². The molecule has 4 rings (SSSR count). The van der Waals surface area contributed by atoms with E-state index in [1.165, 1.54) is 40.2 Å². The van der Waals surface area contributed by atoms with E-state index in [2.05, 4.69) is 10.3 Å². The number of carboxylic acids is 1. The van der Waals surface area contributed by atoms with Gasteiger partial charge in [0.15, 0.2) is 5.13 Å². The van der Waals surface area contributed by atoms with Crippen molar-refractivity contribution in [2.24, 2.45) is 0 Å². The number of alkyl halides is 3. The number of thioether (sulfide) groups is 1. The average molecular weight is 484 g/mol. The summed E-state index contributed by atoms with van der Waals surface area (Å²) >= 11 is 2.22. The number of nitrogen functional groups attached to an aromatic ring is 1. The Kier molecular flexibility index (Phi) is 5.63. The van der Waals surface area contributed by atoms with E-state index in [-0.39, 0.29) is 27.7 Å². The lowest BCUT2D eigenvalue weighted by atomic mass is 10.0. The summed E-state index contributed by atoms with van der Waals surface area (Å²) in [6, 6.07) is 2.78. The van der Waals surface area contributed by atoms with Gasteiger partial charge in [0.05, 0.1) is 16.8 Å². The highest BCUT2D eigenvalue weighted by atomic mass is 32.2. The highest BCUT2D eigenvalue weighted by Crippen LogP contribution is 2.40. The van der Waals surface area contributed by atoms with Crippen molar-refractivity contribution in [1.82, 2.24) is 15.2 Å². The quantitative estimate of drug-likeness (QED) is 0.439. The number of benzene rings is 1. The van der Waals surface area contributed by atoms with Crippen LogP contribution >= 0.6 is 23.1 Å². The minimum atomic E-state index is -4.65. The maximum absolute atomic E-state index is 13.4. The number of aliphatic carboxylic acids is 1. The molecule has 13 heteroatoms. The summed E-state index contributed by atoms with van der Waals surface area (Å²) in [5.74, 6) is -2.33. The molecular weight excluding hydrogens is 469 g/mol. The molecule has 2 amide bonds. The van der Waals surface area contributed by atoms with Crippen LogP contribution in [-0.4, -0.2) is 56.0 Å². The predicted molar refractivity (Wildman–Crippen MR) is 112 cm³/mol. The van der Waals surface area contributed by atoms with Crippen molar-refractivity contribution in [1.29, 1.82) is 0 Å². The van der Waals surface area contributed by atoms with Gasteiger partial charge >= 0.3 is 12.1 Å². The van der Waals surface area contributed by atoms with Crippen molar-refractivity contribution in [3.8, 4) is 0 Å². The normalized spacial score (nSPS) is 23.0. The second-order valence-corrected chi connectivity index (χ2v) is 9.03. The number of nitrogens with two attached hydrogens (primary N) is 1. The number of β-lactam (4-membered cyclic amide) rings is 1. The number of amides is 2. The SMILES string of the molecule is Nc1nc(C(=Cc2ccccc2C(F)(F)F)C(=O)NC2C(=O)N3C(C(=O)O)CS[C@H]23)cs1. The molecule has 0 bridgehead atoms. The highest BCUT2D eigenvalue weighted by molar-refractivity contribution is 8.00. The molecule has 32 heavy (non-hydrogen) atoms. The Morgan fingerprint density at radius 1 is 1.31 bits per heavy atom. The van der Waals surface area contributed by atoms with Crippen LogP contribution in [0.1, 0.15) is 16.8 Å². The molecule has 0 spiro atoms. The molecule has 1 aromatic carbocycles. The van der Waals surface area contributed by atoms with Gasteiger partial charge in [0.2, 0.25) is 5.91 Å². The Morgan fingerprint density at radius 2 is 2.03 bits per heavy atom. The highest BCUT2D eigenvalue weighted by Gasteiger charge is 2.57. The first-order valence-electron chi connectivity index (χ1n) is 9.14. The van der Waals surface area contributed by atoms with Crippen LogP contribution in [0, 0.1) is 0 Å². The number of rotatable bonds is 5. The first-order chi connectivity index (χ1) is 15.1. The Labute approximate surface area is 187 Å². The van der Waals surface area contributed by atoms with Gasteiger partial charge in [-0.25, -0.2) is 9.78 Å². The van der Waals surface area contributed by atoms with E-state index < -0.39 is 47.0 Å². The standard InChI is InChI=1S/C19H15F3N4O4S2/c20-19(21,22)10-4-2-1-3-8(10)5-9(11-6-32-18(23)24-11)14(27)25-13-15(28)26-12(17(29)30)7-31-16(13)26/h1-6,12-13,16H,7H2,(H2,23,24)(H,25,27)(H,29,30)/t12?,13?,16-/m1/s1. The van der Waals surface area contributed by atoms with E-state index in [1.807, 2.05) is 0 Å². The van der Waals surface area contributed by atoms with Crippen LogP contribution in [0.4, 0.5) is 18.3 Å². The topological polar surface area (TPSA) is 126 Å². The van der Waals surface area contributed by atoms with Gasteiger partial charge in [-0.05, 0) is 17.7 Å². The minimum Gasteiger partial charge on any atom is -0.480 e.